The molecule has 0 saturated carbocycles. The second-order valence-corrected chi connectivity index (χ2v) is 2.76. The summed E-state index contributed by atoms with van der Waals surface area (Å²) in [4.78, 5) is 10.6. The molecule has 13 heavy (non-hydrogen) atoms. The van der Waals surface area contributed by atoms with E-state index in [4.69, 9.17) is 16.7 Å². The molecular formula is C7H4ClN3O2. The van der Waals surface area contributed by atoms with Crippen LogP contribution >= 0.6 is 11.6 Å². The second-order valence-electron chi connectivity index (χ2n) is 2.42. The lowest BCUT2D eigenvalue weighted by molar-refractivity contribution is 0.0696. The minimum Gasteiger partial charge on any atom is -0.478 e. The Hall–Kier alpha value is -1.62. The number of carboxylic acids is 1. The maximum Gasteiger partial charge on any atom is 0.337 e. The van der Waals surface area contributed by atoms with Gasteiger partial charge in [0, 0.05) is 6.20 Å². The molecule has 0 aliphatic heterocycles. The van der Waals surface area contributed by atoms with Gasteiger partial charge in [0.05, 0.1) is 5.56 Å². The molecule has 0 spiro atoms. The minimum atomic E-state index is -1.01. The van der Waals surface area contributed by atoms with Crippen LogP contribution in [0.5, 0.6) is 0 Å². The van der Waals surface area contributed by atoms with Gasteiger partial charge in [-0.15, -0.1) is 10.2 Å². The first kappa shape index (κ1) is 8.00. The van der Waals surface area contributed by atoms with Gasteiger partial charge in [-0.05, 0) is 23.7 Å². The van der Waals surface area contributed by atoms with Crippen molar-refractivity contribution in [1.29, 1.82) is 0 Å². The number of nitrogens with zero attached hydrogens (tertiary/aromatic N) is 3. The van der Waals surface area contributed by atoms with Gasteiger partial charge in [-0.25, -0.2) is 4.79 Å². The average Bonchev–Trinajstić information content (AvgIpc) is 2.47. The van der Waals surface area contributed by atoms with Crippen LogP contribution in [-0.4, -0.2) is 25.7 Å². The smallest absolute Gasteiger partial charge is 0.337 e. The summed E-state index contributed by atoms with van der Waals surface area (Å²) in [6.07, 6.45) is 1.38. The first-order chi connectivity index (χ1) is 6.18. The molecule has 0 aliphatic rings. The van der Waals surface area contributed by atoms with E-state index >= 15 is 0 Å². The predicted molar refractivity (Wildman–Crippen MR) is 45.0 cm³/mol. The molecule has 2 aromatic heterocycles. The maximum absolute atomic E-state index is 10.6. The largest absolute Gasteiger partial charge is 0.478 e. The molecule has 66 valence electrons. The first-order valence-electron chi connectivity index (χ1n) is 3.42. The zero-order valence-electron chi connectivity index (χ0n) is 6.31. The molecule has 0 aromatic carbocycles. The molecule has 0 atom stereocenters. The normalized spacial score (nSPS) is 10.5. The molecule has 2 heterocycles. The Kier molecular flexibility index (Phi) is 1.66. The van der Waals surface area contributed by atoms with E-state index in [-0.39, 0.29) is 10.8 Å². The highest BCUT2D eigenvalue weighted by molar-refractivity contribution is 6.28. The van der Waals surface area contributed by atoms with Crippen molar-refractivity contribution < 1.29 is 9.90 Å². The molecule has 0 saturated heterocycles. The predicted octanol–water partition coefficient (Wildman–Crippen LogP) is 1.08. The molecule has 0 bridgehead atoms. The second kappa shape index (κ2) is 2.70. The fraction of sp³-hybridized carbons (Fsp3) is 0. The number of fused-ring (bicyclic) bond motifs is 1. The van der Waals surface area contributed by atoms with Crippen molar-refractivity contribution in [1.82, 2.24) is 14.6 Å². The van der Waals surface area contributed by atoms with Gasteiger partial charge in [0.2, 0.25) is 5.28 Å². The van der Waals surface area contributed by atoms with Crippen LogP contribution in [0.2, 0.25) is 5.28 Å². The number of pyridine rings is 1. The van der Waals surface area contributed by atoms with Gasteiger partial charge in [0.1, 0.15) is 0 Å². The van der Waals surface area contributed by atoms with Crippen LogP contribution in [0.25, 0.3) is 5.65 Å². The van der Waals surface area contributed by atoms with Crippen molar-refractivity contribution >= 4 is 23.2 Å². The Labute approximate surface area is 77.6 Å². The summed E-state index contributed by atoms with van der Waals surface area (Å²) < 4.78 is 1.41. The topological polar surface area (TPSA) is 67.5 Å². The molecular weight excluding hydrogens is 194 g/mol. The van der Waals surface area contributed by atoms with Gasteiger partial charge in [0.15, 0.2) is 5.65 Å². The summed E-state index contributed by atoms with van der Waals surface area (Å²) in [5.74, 6) is -1.01. The highest BCUT2D eigenvalue weighted by Crippen LogP contribution is 2.10. The number of carboxylic acid groups (broad SMARTS) is 1. The molecule has 0 radical (unpaired) electrons. The molecule has 0 amide bonds. The number of rotatable bonds is 1. The lowest BCUT2D eigenvalue weighted by Gasteiger charge is -1.95. The van der Waals surface area contributed by atoms with Gasteiger partial charge in [0.25, 0.3) is 0 Å². The number of halogens is 1. The van der Waals surface area contributed by atoms with E-state index in [0.29, 0.717) is 5.65 Å². The third-order valence-corrected chi connectivity index (χ3v) is 1.87. The summed E-state index contributed by atoms with van der Waals surface area (Å²) in [5, 5.41) is 16.1. The number of hydrogen-bond donors (Lipinski definition) is 1. The fourth-order valence-electron chi connectivity index (χ4n) is 0.989. The summed E-state index contributed by atoms with van der Waals surface area (Å²) in [7, 11) is 0. The van der Waals surface area contributed by atoms with Crippen molar-refractivity contribution in [3.63, 3.8) is 0 Å². The Morgan fingerprint density at radius 2 is 2.23 bits per heavy atom. The van der Waals surface area contributed by atoms with E-state index in [0.717, 1.165) is 0 Å². The molecule has 0 unspecified atom stereocenters. The number of hydrogen-bond acceptors (Lipinski definition) is 3. The summed E-state index contributed by atoms with van der Waals surface area (Å²) in [5.41, 5.74) is 0.671. The van der Waals surface area contributed by atoms with Crippen LogP contribution in [0.15, 0.2) is 18.3 Å². The summed E-state index contributed by atoms with van der Waals surface area (Å²) in [6, 6.07) is 2.99. The van der Waals surface area contributed by atoms with Crippen LogP contribution < -0.4 is 0 Å². The van der Waals surface area contributed by atoms with Crippen LogP contribution in [0, 0.1) is 0 Å². The highest BCUT2D eigenvalue weighted by Gasteiger charge is 2.06. The lowest BCUT2D eigenvalue weighted by Crippen LogP contribution is -1.98. The van der Waals surface area contributed by atoms with Crippen LogP contribution in [0.3, 0.4) is 0 Å². The van der Waals surface area contributed by atoms with Crippen LogP contribution in [-0.2, 0) is 0 Å². The van der Waals surface area contributed by atoms with E-state index in [1.54, 1.807) is 6.07 Å². The van der Waals surface area contributed by atoms with Gasteiger partial charge in [-0.1, -0.05) is 0 Å². The number of carbonyl (C=O) groups is 1. The molecule has 1 N–H and O–H groups in total. The zero-order valence-corrected chi connectivity index (χ0v) is 7.06. The van der Waals surface area contributed by atoms with Gasteiger partial charge >= 0.3 is 5.97 Å². The minimum absolute atomic E-state index is 0.147. The van der Waals surface area contributed by atoms with E-state index in [1.165, 1.54) is 16.7 Å². The van der Waals surface area contributed by atoms with Crippen molar-refractivity contribution in [3.8, 4) is 0 Å². The van der Waals surface area contributed by atoms with Gasteiger partial charge in [-0.2, -0.15) is 0 Å². The molecule has 0 aliphatic carbocycles. The van der Waals surface area contributed by atoms with E-state index < -0.39 is 5.97 Å². The van der Waals surface area contributed by atoms with E-state index in [1.807, 2.05) is 0 Å². The zero-order chi connectivity index (χ0) is 9.42. The molecule has 6 heteroatoms. The maximum atomic E-state index is 10.6. The summed E-state index contributed by atoms with van der Waals surface area (Å²) >= 11 is 5.65. The molecule has 5 nitrogen and oxygen atoms in total. The Bertz CT molecular complexity index is 480. The fourth-order valence-corrected chi connectivity index (χ4v) is 1.16. The standard InChI is InChI=1S/C7H4ClN3O2/c8-7-10-9-5-2-1-4(6(12)13)3-11(5)7/h1-3H,(H,12,13). The Morgan fingerprint density at radius 1 is 1.46 bits per heavy atom. The van der Waals surface area contributed by atoms with Crippen molar-refractivity contribution in [3.05, 3.63) is 29.2 Å². The Balaban J connectivity index is 2.72. The van der Waals surface area contributed by atoms with Crippen molar-refractivity contribution in [2.75, 3.05) is 0 Å². The van der Waals surface area contributed by atoms with Crippen molar-refractivity contribution in [2.45, 2.75) is 0 Å². The highest BCUT2D eigenvalue weighted by atomic mass is 35.5. The number of aromatic carboxylic acids is 1. The lowest BCUT2D eigenvalue weighted by atomic mass is 10.3. The third kappa shape index (κ3) is 1.23. The Morgan fingerprint density at radius 3 is 2.92 bits per heavy atom. The SMILES string of the molecule is O=C(O)c1ccc2nnc(Cl)n2c1. The van der Waals surface area contributed by atoms with E-state index in [2.05, 4.69) is 10.2 Å². The monoisotopic (exact) mass is 197 g/mol. The van der Waals surface area contributed by atoms with E-state index in [9.17, 15) is 4.79 Å². The average molecular weight is 198 g/mol. The number of aromatic nitrogens is 3. The van der Waals surface area contributed by atoms with Gasteiger partial charge in [-0.3, -0.25) is 4.40 Å². The first-order valence-corrected chi connectivity index (χ1v) is 3.80. The van der Waals surface area contributed by atoms with Crippen LogP contribution in [0.4, 0.5) is 0 Å². The molecule has 2 aromatic rings. The van der Waals surface area contributed by atoms with Crippen LogP contribution in [0.1, 0.15) is 10.4 Å². The quantitative estimate of drug-likeness (QED) is 0.743. The molecule has 2 rings (SSSR count). The van der Waals surface area contributed by atoms with Crippen molar-refractivity contribution in [2.24, 2.45) is 0 Å². The van der Waals surface area contributed by atoms with Gasteiger partial charge < -0.3 is 5.11 Å². The summed E-state index contributed by atoms with van der Waals surface area (Å²) in [6.45, 7) is 0. The molecule has 0 fully saturated rings. The third-order valence-electron chi connectivity index (χ3n) is 1.61.